The number of carbonyl (C=O) groups is 8. The van der Waals surface area contributed by atoms with Crippen molar-refractivity contribution >= 4 is 62.7 Å². The van der Waals surface area contributed by atoms with Crippen LogP contribution in [0.15, 0.2) is 40.3 Å². The standard InChI is InChI=1S/C56H80N10O16S/c1-30-31(2)49(32(3)36-26-56(7,8)82-47(30)36)83(78,79)29-34(57)18-12-13-19-37-50(73)60-28-42(68)62-40(25-43(69)81-55(4,5)6)53(76)65-39(24-33-16-10-9-11-17-33)52(75)64-38(51(74)63-37)20-14-15-23-59-54(77)48-46(72)45(71)44(70)41(80-48)22-21-35(67)27-61-66-58/h9-11,16-17,37-41,44-46,48,57,70-72H,12-15,18-29H2,1-8H3,(H,59,77)(H,60,73)(H,62,68)(H,63,74)(H,64,75)(H,65,76)/t37-,38-,39+,40-,41+,44-,45?,46-,48?/m0/s1. The Kier molecular flexibility index (Phi) is 23.7. The van der Waals surface area contributed by atoms with Crippen molar-refractivity contribution in [2.75, 3.05) is 25.4 Å². The molecule has 0 aromatic heterocycles. The van der Waals surface area contributed by atoms with Crippen LogP contribution in [-0.4, -0.2) is 168 Å². The summed E-state index contributed by atoms with van der Waals surface area (Å²) in [5.74, 6) is -6.55. The number of sulfone groups is 1. The molecule has 3 aliphatic heterocycles. The second-order valence-corrected chi connectivity index (χ2v) is 24.9. The Morgan fingerprint density at radius 1 is 0.807 bits per heavy atom. The molecule has 26 nitrogen and oxygen atoms in total. The molecule has 0 spiro atoms. The van der Waals surface area contributed by atoms with E-state index < -0.39 is 148 Å². The molecule has 2 aromatic rings. The molecule has 0 radical (unpaired) electrons. The van der Waals surface area contributed by atoms with Crippen molar-refractivity contribution in [3.8, 4) is 5.75 Å². The van der Waals surface area contributed by atoms with E-state index in [0.29, 0.717) is 34.4 Å². The first-order valence-electron chi connectivity index (χ1n) is 27.8. The highest BCUT2D eigenvalue weighted by molar-refractivity contribution is 7.92. The highest BCUT2D eigenvalue weighted by Crippen LogP contribution is 2.44. The first-order valence-corrected chi connectivity index (χ1v) is 29.4. The molecular weight excluding hydrogens is 1100 g/mol. The Balaban J connectivity index is 1.35. The molecule has 5 rings (SSSR count). The first kappa shape index (κ1) is 66.8. The molecule has 3 aliphatic rings. The van der Waals surface area contributed by atoms with Crippen LogP contribution in [0.2, 0.25) is 0 Å². The van der Waals surface area contributed by atoms with Crippen LogP contribution in [0.5, 0.6) is 5.75 Å². The van der Waals surface area contributed by atoms with Gasteiger partial charge in [-0.3, -0.25) is 38.4 Å². The molecule has 2 fully saturated rings. The molecule has 10 N–H and O–H groups in total. The molecule has 3 heterocycles. The summed E-state index contributed by atoms with van der Waals surface area (Å²) in [5.41, 5.74) is 10.1. The highest BCUT2D eigenvalue weighted by Gasteiger charge is 2.47. The van der Waals surface area contributed by atoms with Crippen molar-refractivity contribution in [2.24, 2.45) is 5.11 Å². The molecule has 2 aromatic carbocycles. The van der Waals surface area contributed by atoms with Gasteiger partial charge in [0.1, 0.15) is 65.2 Å². The number of azide groups is 1. The Morgan fingerprint density at radius 2 is 1.42 bits per heavy atom. The van der Waals surface area contributed by atoms with Crippen LogP contribution in [-0.2, 0) is 70.5 Å². The van der Waals surface area contributed by atoms with Gasteiger partial charge in [0.2, 0.25) is 29.5 Å². The predicted octanol–water partition coefficient (Wildman–Crippen LogP) is 1.52. The van der Waals surface area contributed by atoms with Crippen LogP contribution in [0.4, 0.5) is 0 Å². The second kappa shape index (κ2) is 29.5. The minimum atomic E-state index is -4.00. The number of ketones is 1. The second-order valence-electron chi connectivity index (χ2n) is 23.0. The van der Waals surface area contributed by atoms with Crippen molar-refractivity contribution in [2.45, 2.75) is 203 Å². The number of carbonyl (C=O) groups excluding carboxylic acids is 8. The average Bonchev–Trinajstić information content (AvgIpc) is 2.08. The SMILES string of the molecule is Cc1c(C)c(S(=O)(=O)CC(=N)CCCC[C@@H]2NC(=O)[C@H](CCCCNC(=O)C3O[C@H](CCC(=O)CN=[N+]=[N-])[C@H](O)C(O)[C@@H]3O)NC(=O)[C@@H](Cc3ccccc3)NC(=O)[C@H](CC(=O)OC(C)(C)C)NC(=O)CNC2=O)c(C)c2c1OC(C)(C)C2. The Hall–Kier alpha value is -7.03. The van der Waals surface area contributed by atoms with Gasteiger partial charge in [0, 0.05) is 42.0 Å². The number of nitrogens with zero attached hydrogens (tertiary/aromatic N) is 3. The minimum Gasteiger partial charge on any atom is -0.487 e. The van der Waals surface area contributed by atoms with Crippen molar-refractivity contribution in [1.29, 1.82) is 5.41 Å². The maximum absolute atomic E-state index is 14.5. The zero-order valence-corrected chi connectivity index (χ0v) is 49.1. The fourth-order valence-corrected chi connectivity index (χ4v) is 12.1. The number of benzene rings is 2. The van der Waals surface area contributed by atoms with E-state index in [1.54, 1.807) is 65.0 Å². The molecule has 0 bridgehead atoms. The van der Waals surface area contributed by atoms with Gasteiger partial charge in [-0.25, -0.2) is 8.42 Å². The van der Waals surface area contributed by atoms with E-state index in [0.717, 1.165) is 5.56 Å². The smallest absolute Gasteiger partial charge is 0.308 e. The number of unbranched alkanes of at least 4 members (excludes halogenated alkanes) is 2. The number of hydrogen-bond donors (Lipinski definition) is 10. The molecule has 456 valence electrons. The monoisotopic (exact) mass is 1180 g/mol. The summed E-state index contributed by atoms with van der Waals surface area (Å²) in [4.78, 5) is 112. The zero-order chi connectivity index (χ0) is 61.6. The molecule has 0 aliphatic carbocycles. The lowest BCUT2D eigenvalue weighted by Gasteiger charge is -2.40. The topological polar surface area (TPSA) is 404 Å². The van der Waals surface area contributed by atoms with Crippen molar-refractivity contribution in [3.63, 3.8) is 0 Å². The maximum atomic E-state index is 14.5. The summed E-state index contributed by atoms with van der Waals surface area (Å²) >= 11 is 0. The summed E-state index contributed by atoms with van der Waals surface area (Å²) in [6, 6.07) is 2.72. The third kappa shape index (κ3) is 19.3. The highest BCUT2D eigenvalue weighted by atomic mass is 32.2. The summed E-state index contributed by atoms with van der Waals surface area (Å²) < 4.78 is 45.2. The molecule has 2 unspecified atom stereocenters. The van der Waals surface area contributed by atoms with Crippen molar-refractivity contribution in [3.05, 3.63) is 68.6 Å². The zero-order valence-electron chi connectivity index (χ0n) is 48.3. The first-order chi connectivity index (χ1) is 38.9. The lowest BCUT2D eigenvalue weighted by atomic mass is 9.91. The van der Waals surface area contributed by atoms with Crippen LogP contribution in [0.3, 0.4) is 0 Å². The van der Waals surface area contributed by atoms with Crippen LogP contribution in [0.1, 0.15) is 127 Å². The number of nitrogens with one attached hydrogen (secondary N) is 7. The van der Waals surface area contributed by atoms with Gasteiger partial charge >= 0.3 is 5.97 Å². The van der Waals surface area contributed by atoms with E-state index in [9.17, 15) is 62.1 Å². The van der Waals surface area contributed by atoms with E-state index in [1.165, 1.54) is 0 Å². The largest absolute Gasteiger partial charge is 0.487 e. The van der Waals surface area contributed by atoms with E-state index >= 15 is 0 Å². The predicted molar refractivity (Wildman–Crippen MR) is 300 cm³/mol. The molecular formula is C56H80N10O16S. The quantitative estimate of drug-likeness (QED) is 0.0188. The van der Waals surface area contributed by atoms with Gasteiger partial charge in [-0.2, -0.15) is 0 Å². The van der Waals surface area contributed by atoms with Crippen molar-refractivity contribution < 1.29 is 76.3 Å². The number of esters is 1. The summed E-state index contributed by atoms with van der Waals surface area (Å²) in [6.07, 6.45) is -8.59. The average molecular weight is 1180 g/mol. The van der Waals surface area contributed by atoms with Crippen molar-refractivity contribution in [1.82, 2.24) is 31.9 Å². The summed E-state index contributed by atoms with van der Waals surface area (Å²) in [7, 11) is -4.00. The molecule has 83 heavy (non-hydrogen) atoms. The lowest BCUT2D eigenvalue weighted by Crippen LogP contribution is -2.61. The van der Waals surface area contributed by atoms with Crippen LogP contribution >= 0.6 is 0 Å². The lowest BCUT2D eigenvalue weighted by molar-refractivity contribution is -0.221. The van der Waals surface area contributed by atoms with E-state index in [4.69, 9.17) is 25.2 Å². The minimum absolute atomic E-state index is 0.0102. The number of aliphatic hydroxyl groups is 3. The fraction of sp³-hybridized carbons (Fsp3) is 0.625. The molecule has 6 amide bonds. The number of amides is 6. The van der Waals surface area contributed by atoms with Gasteiger partial charge in [0.05, 0.1) is 36.3 Å². The normalized spacial score (nSPS) is 24.1. The molecule has 27 heteroatoms. The summed E-state index contributed by atoms with van der Waals surface area (Å²) in [6.45, 7) is 12.7. The summed E-state index contributed by atoms with van der Waals surface area (Å²) in [5, 5.41) is 59.2. The van der Waals surface area contributed by atoms with Gasteiger partial charge in [0.15, 0.2) is 15.9 Å². The van der Waals surface area contributed by atoms with Gasteiger partial charge in [-0.1, -0.05) is 41.9 Å². The fourth-order valence-electron chi connectivity index (χ4n) is 10.2. The van der Waals surface area contributed by atoms with Crippen LogP contribution in [0.25, 0.3) is 10.4 Å². The number of hydrogen-bond acceptors (Lipinski definition) is 18. The van der Waals surface area contributed by atoms with Gasteiger partial charge < -0.3 is 66.8 Å². The van der Waals surface area contributed by atoms with Gasteiger partial charge in [-0.05, 0) is 128 Å². The Bertz CT molecular complexity index is 2910. The van der Waals surface area contributed by atoms with E-state index in [-0.39, 0.29) is 81.4 Å². The Labute approximate surface area is 482 Å². The van der Waals surface area contributed by atoms with E-state index in [2.05, 4.69) is 41.9 Å². The Morgan fingerprint density at radius 3 is 2.07 bits per heavy atom. The maximum Gasteiger partial charge on any atom is 0.308 e. The third-order valence-electron chi connectivity index (χ3n) is 14.4. The number of rotatable bonds is 23. The molecule has 9 atom stereocenters. The number of ether oxygens (including phenoxy) is 3. The van der Waals surface area contributed by atoms with Crippen LogP contribution < -0.4 is 36.6 Å². The number of aliphatic hydroxyl groups excluding tert-OH is 3. The van der Waals surface area contributed by atoms with Crippen LogP contribution in [0, 0.1) is 26.2 Å². The number of fused-ring (bicyclic) bond motifs is 1. The molecule has 2 saturated heterocycles. The van der Waals surface area contributed by atoms with E-state index in [1.807, 2.05) is 20.8 Å². The molecule has 0 saturated carbocycles. The number of Topliss-reactive ketones (excluding diaryl/α,β-unsaturated/α-hetero) is 1. The van der Waals surface area contributed by atoms with Gasteiger partial charge in [-0.15, -0.1) is 0 Å². The van der Waals surface area contributed by atoms with Gasteiger partial charge in [0.25, 0.3) is 5.91 Å². The third-order valence-corrected chi connectivity index (χ3v) is 16.4.